The summed E-state index contributed by atoms with van der Waals surface area (Å²) in [5.41, 5.74) is 0.278. The van der Waals surface area contributed by atoms with E-state index in [1.807, 2.05) is 0 Å². The fraction of sp³-hybridized carbons (Fsp3) is 0.750. The number of nitrogens with one attached hydrogen (secondary N) is 2. The Bertz CT molecular complexity index is 421. The Kier molecular flexibility index (Phi) is 5.21. The molecule has 0 aromatic carbocycles. The van der Waals surface area contributed by atoms with Gasteiger partial charge >= 0.3 is 0 Å². The molecule has 0 aliphatic heterocycles. The maximum Gasteiger partial charge on any atom is 0.133 e. The summed E-state index contributed by atoms with van der Waals surface area (Å²) in [5.74, 6) is 2.89. The van der Waals surface area contributed by atoms with Crippen molar-refractivity contribution >= 4 is 11.6 Å². The summed E-state index contributed by atoms with van der Waals surface area (Å²) >= 11 is 0. The van der Waals surface area contributed by atoms with Crippen LogP contribution in [-0.4, -0.2) is 22.1 Å². The van der Waals surface area contributed by atoms with Crippen LogP contribution in [0.2, 0.25) is 0 Å². The van der Waals surface area contributed by atoms with Crippen LogP contribution in [0, 0.1) is 0 Å². The number of hydrogen-bond acceptors (Lipinski definition) is 4. The molecule has 0 bridgehead atoms. The molecule has 0 radical (unpaired) electrons. The van der Waals surface area contributed by atoms with E-state index in [0.717, 1.165) is 49.7 Å². The lowest BCUT2D eigenvalue weighted by Gasteiger charge is -2.42. The summed E-state index contributed by atoms with van der Waals surface area (Å²) in [6.45, 7) is 7.56. The molecule has 1 aromatic rings. The highest BCUT2D eigenvalue weighted by atomic mass is 15.1. The molecule has 1 aliphatic rings. The Hall–Kier alpha value is -1.32. The van der Waals surface area contributed by atoms with E-state index in [1.54, 1.807) is 0 Å². The number of hydrogen-bond donors (Lipinski definition) is 2. The standard InChI is InChI=1S/C16H28N4/c1-4-8-13-18-14(17-11-5-2)12-15(19-13)20-16(6-3)9-7-10-16/h12H,4-11H2,1-3H3,(H2,17,18,19,20). The molecular formula is C16H28N4. The van der Waals surface area contributed by atoms with Crippen LogP contribution < -0.4 is 10.6 Å². The van der Waals surface area contributed by atoms with Gasteiger partial charge in [0.15, 0.2) is 0 Å². The zero-order valence-electron chi connectivity index (χ0n) is 13.1. The lowest BCUT2D eigenvalue weighted by Crippen LogP contribution is -2.44. The average molecular weight is 276 g/mol. The first kappa shape index (κ1) is 15.1. The number of rotatable bonds is 8. The normalized spacial score (nSPS) is 16.6. The smallest absolute Gasteiger partial charge is 0.133 e. The lowest BCUT2D eigenvalue weighted by atomic mass is 9.75. The third kappa shape index (κ3) is 3.62. The highest BCUT2D eigenvalue weighted by Crippen LogP contribution is 2.37. The van der Waals surface area contributed by atoms with Gasteiger partial charge in [-0.05, 0) is 38.5 Å². The van der Waals surface area contributed by atoms with Gasteiger partial charge in [0, 0.05) is 24.6 Å². The van der Waals surface area contributed by atoms with E-state index in [0.29, 0.717) is 0 Å². The maximum atomic E-state index is 4.68. The van der Waals surface area contributed by atoms with Crippen molar-refractivity contribution in [2.75, 3.05) is 17.2 Å². The monoisotopic (exact) mass is 276 g/mol. The van der Waals surface area contributed by atoms with E-state index >= 15 is 0 Å². The lowest BCUT2D eigenvalue weighted by molar-refractivity contribution is 0.268. The minimum atomic E-state index is 0.278. The second-order valence-corrected chi connectivity index (χ2v) is 5.84. The molecule has 0 amide bonds. The third-order valence-corrected chi connectivity index (χ3v) is 4.18. The van der Waals surface area contributed by atoms with Crippen molar-refractivity contribution < 1.29 is 0 Å². The second-order valence-electron chi connectivity index (χ2n) is 5.84. The summed E-state index contributed by atoms with van der Waals surface area (Å²) in [4.78, 5) is 9.28. The van der Waals surface area contributed by atoms with Gasteiger partial charge in [0.05, 0.1) is 0 Å². The van der Waals surface area contributed by atoms with Crippen molar-refractivity contribution in [2.24, 2.45) is 0 Å². The number of aromatic nitrogens is 2. The summed E-state index contributed by atoms with van der Waals surface area (Å²) in [5, 5.41) is 7.05. The van der Waals surface area contributed by atoms with Crippen molar-refractivity contribution in [3.63, 3.8) is 0 Å². The molecule has 2 rings (SSSR count). The molecule has 0 saturated heterocycles. The zero-order chi connectivity index (χ0) is 14.4. The minimum Gasteiger partial charge on any atom is -0.370 e. The average Bonchev–Trinajstić information content (AvgIpc) is 2.41. The van der Waals surface area contributed by atoms with E-state index in [4.69, 9.17) is 0 Å². The molecule has 1 aromatic heterocycles. The summed E-state index contributed by atoms with van der Waals surface area (Å²) < 4.78 is 0. The molecule has 1 saturated carbocycles. The van der Waals surface area contributed by atoms with Gasteiger partial charge in [-0.2, -0.15) is 0 Å². The molecule has 1 fully saturated rings. The molecule has 1 aliphatic carbocycles. The van der Waals surface area contributed by atoms with Gasteiger partial charge in [0.25, 0.3) is 0 Å². The molecule has 1 heterocycles. The maximum absolute atomic E-state index is 4.68. The Balaban J connectivity index is 2.15. The van der Waals surface area contributed by atoms with Crippen molar-refractivity contribution in [3.8, 4) is 0 Å². The van der Waals surface area contributed by atoms with Crippen LogP contribution in [0.15, 0.2) is 6.07 Å². The molecule has 4 heteroatoms. The van der Waals surface area contributed by atoms with Crippen LogP contribution in [0.25, 0.3) is 0 Å². The Labute approximate surface area is 122 Å². The van der Waals surface area contributed by atoms with Gasteiger partial charge in [-0.1, -0.05) is 20.8 Å². The highest BCUT2D eigenvalue weighted by Gasteiger charge is 2.35. The largest absolute Gasteiger partial charge is 0.370 e. The van der Waals surface area contributed by atoms with E-state index < -0.39 is 0 Å². The van der Waals surface area contributed by atoms with Crippen LogP contribution in [0.4, 0.5) is 11.6 Å². The van der Waals surface area contributed by atoms with Gasteiger partial charge in [0.2, 0.25) is 0 Å². The zero-order valence-corrected chi connectivity index (χ0v) is 13.1. The summed E-state index contributed by atoms with van der Waals surface area (Å²) in [7, 11) is 0. The second kappa shape index (κ2) is 6.91. The first-order valence-corrected chi connectivity index (χ1v) is 8.11. The molecule has 4 nitrogen and oxygen atoms in total. The first-order valence-electron chi connectivity index (χ1n) is 8.11. The van der Waals surface area contributed by atoms with Gasteiger partial charge in [-0.15, -0.1) is 0 Å². The Morgan fingerprint density at radius 3 is 2.40 bits per heavy atom. The van der Waals surface area contributed by atoms with E-state index in [1.165, 1.54) is 19.3 Å². The Morgan fingerprint density at radius 2 is 1.85 bits per heavy atom. The number of anilines is 2. The van der Waals surface area contributed by atoms with E-state index in [2.05, 4.69) is 47.4 Å². The van der Waals surface area contributed by atoms with Crippen molar-refractivity contribution in [1.29, 1.82) is 0 Å². The molecule has 0 unspecified atom stereocenters. The number of aryl methyl sites for hydroxylation is 1. The van der Waals surface area contributed by atoms with Crippen LogP contribution in [0.1, 0.15) is 65.1 Å². The highest BCUT2D eigenvalue weighted by molar-refractivity contribution is 5.49. The van der Waals surface area contributed by atoms with Gasteiger partial charge in [-0.25, -0.2) is 9.97 Å². The van der Waals surface area contributed by atoms with Crippen molar-refractivity contribution in [3.05, 3.63) is 11.9 Å². The predicted molar refractivity (Wildman–Crippen MR) is 85.3 cm³/mol. The quantitative estimate of drug-likeness (QED) is 0.753. The van der Waals surface area contributed by atoms with Crippen LogP contribution >= 0.6 is 0 Å². The molecule has 20 heavy (non-hydrogen) atoms. The Morgan fingerprint density at radius 1 is 1.10 bits per heavy atom. The molecule has 0 atom stereocenters. The topological polar surface area (TPSA) is 49.8 Å². The van der Waals surface area contributed by atoms with Crippen molar-refractivity contribution in [1.82, 2.24) is 9.97 Å². The predicted octanol–water partition coefficient (Wildman–Crippen LogP) is 4.00. The van der Waals surface area contributed by atoms with E-state index in [-0.39, 0.29) is 5.54 Å². The van der Waals surface area contributed by atoms with Crippen LogP contribution in [0.3, 0.4) is 0 Å². The molecule has 2 N–H and O–H groups in total. The third-order valence-electron chi connectivity index (χ3n) is 4.18. The molecular weight excluding hydrogens is 248 g/mol. The van der Waals surface area contributed by atoms with E-state index in [9.17, 15) is 0 Å². The summed E-state index contributed by atoms with van der Waals surface area (Å²) in [6, 6.07) is 2.06. The first-order chi connectivity index (χ1) is 9.71. The van der Waals surface area contributed by atoms with Crippen molar-refractivity contribution in [2.45, 2.75) is 71.3 Å². The fourth-order valence-corrected chi connectivity index (χ4v) is 2.68. The van der Waals surface area contributed by atoms with Gasteiger partial charge in [0.1, 0.15) is 17.5 Å². The van der Waals surface area contributed by atoms with Crippen LogP contribution in [0.5, 0.6) is 0 Å². The van der Waals surface area contributed by atoms with Gasteiger partial charge in [-0.3, -0.25) is 0 Å². The van der Waals surface area contributed by atoms with Crippen LogP contribution in [-0.2, 0) is 6.42 Å². The molecule has 112 valence electrons. The fourth-order valence-electron chi connectivity index (χ4n) is 2.68. The minimum absolute atomic E-state index is 0.278. The summed E-state index contributed by atoms with van der Waals surface area (Å²) in [6.07, 6.45) is 8.13. The van der Waals surface area contributed by atoms with Gasteiger partial charge < -0.3 is 10.6 Å². The number of nitrogens with zero attached hydrogens (tertiary/aromatic N) is 2. The SMILES string of the molecule is CCCNc1cc(NC2(CC)CCC2)nc(CCC)n1. The molecule has 0 spiro atoms.